The molecule has 36 heavy (non-hydrogen) atoms. The molecule has 0 radical (unpaired) electrons. The van der Waals surface area contributed by atoms with Crippen LogP contribution in [-0.2, 0) is 11.3 Å². The number of carbonyl (C=O) groups is 1. The van der Waals surface area contributed by atoms with Crippen LogP contribution in [0.4, 0.5) is 11.5 Å². The van der Waals surface area contributed by atoms with E-state index in [9.17, 15) is 9.90 Å². The van der Waals surface area contributed by atoms with Gasteiger partial charge in [-0.2, -0.15) is 0 Å². The van der Waals surface area contributed by atoms with Gasteiger partial charge in [-0.15, -0.1) is 0 Å². The molecule has 2 aromatic heterocycles. The largest absolute Gasteiger partial charge is 0.497 e. The fourth-order valence-corrected chi connectivity index (χ4v) is 3.99. The van der Waals surface area contributed by atoms with Crippen molar-refractivity contribution in [1.29, 1.82) is 0 Å². The highest BCUT2D eigenvalue weighted by Crippen LogP contribution is 2.23. The van der Waals surface area contributed by atoms with Crippen molar-refractivity contribution < 1.29 is 28.5 Å². The summed E-state index contributed by atoms with van der Waals surface area (Å²) in [5, 5.41) is 13.1. The van der Waals surface area contributed by atoms with Crippen LogP contribution < -0.4 is 19.7 Å². The fourth-order valence-electron chi connectivity index (χ4n) is 3.99. The maximum atomic E-state index is 12.7. The molecule has 0 bridgehead atoms. The zero-order valence-electron chi connectivity index (χ0n) is 20.6. The number of carbonyl (C=O) groups excluding carboxylic acids is 1. The number of methoxy groups -OCH3 is 2. The molecular weight excluding hydrogens is 464 g/mol. The predicted molar refractivity (Wildman–Crippen MR) is 135 cm³/mol. The van der Waals surface area contributed by atoms with Crippen molar-refractivity contribution in [3.8, 4) is 11.5 Å². The van der Waals surface area contributed by atoms with E-state index >= 15 is 0 Å². The van der Waals surface area contributed by atoms with E-state index < -0.39 is 6.10 Å². The van der Waals surface area contributed by atoms with Gasteiger partial charge in [0.05, 0.1) is 45.1 Å². The van der Waals surface area contributed by atoms with Gasteiger partial charge in [0.25, 0.3) is 5.91 Å². The van der Waals surface area contributed by atoms with Gasteiger partial charge in [-0.1, -0.05) is 0 Å². The lowest BCUT2D eigenvalue weighted by molar-refractivity contribution is 0.00440. The number of rotatable bonds is 11. The lowest BCUT2D eigenvalue weighted by Crippen LogP contribution is -2.49. The number of hydrogen-bond acceptors (Lipinski definition) is 9. The summed E-state index contributed by atoms with van der Waals surface area (Å²) in [6.45, 7) is 4.38. The van der Waals surface area contributed by atoms with Gasteiger partial charge in [-0.25, -0.2) is 4.98 Å². The molecular formula is C26H32N4O6. The van der Waals surface area contributed by atoms with Gasteiger partial charge in [-0.3, -0.25) is 9.69 Å². The summed E-state index contributed by atoms with van der Waals surface area (Å²) in [6.07, 6.45) is 2.70. The fraction of sp³-hybridized carbons (Fsp3) is 0.385. The van der Waals surface area contributed by atoms with Gasteiger partial charge in [0.15, 0.2) is 0 Å². The van der Waals surface area contributed by atoms with Crippen LogP contribution in [0.5, 0.6) is 11.5 Å². The SMILES string of the molecule is COc1cc(OC)cc(C(=O)Nc2ccc(N3CCN(CC(O)COCc4ccco4)CC3)nc2)c1. The highest BCUT2D eigenvalue weighted by Gasteiger charge is 2.20. The highest BCUT2D eigenvalue weighted by atomic mass is 16.5. The van der Waals surface area contributed by atoms with Crippen LogP contribution in [-0.4, -0.2) is 80.6 Å². The first kappa shape index (κ1) is 25.5. The Morgan fingerprint density at radius 3 is 2.47 bits per heavy atom. The minimum atomic E-state index is -0.558. The second-order valence-corrected chi connectivity index (χ2v) is 8.50. The number of amides is 1. The minimum absolute atomic E-state index is 0.262. The molecule has 1 saturated heterocycles. The molecule has 1 aliphatic rings. The molecule has 1 unspecified atom stereocenters. The van der Waals surface area contributed by atoms with Gasteiger partial charge in [-0.05, 0) is 36.4 Å². The third-order valence-corrected chi connectivity index (χ3v) is 5.92. The molecule has 2 N–H and O–H groups in total. The van der Waals surface area contributed by atoms with E-state index in [4.69, 9.17) is 18.6 Å². The Morgan fingerprint density at radius 2 is 1.86 bits per heavy atom. The Kier molecular flexibility index (Phi) is 8.77. The van der Waals surface area contributed by atoms with Crippen LogP contribution in [0.25, 0.3) is 0 Å². The second-order valence-electron chi connectivity index (χ2n) is 8.50. The van der Waals surface area contributed by atoms with E-state index in [0.717, 1.165) is 37.8 Å². The molecule has 0 saturated carbocycles. The van der Waals surface area contributed by atoms with Crippen molar-refractivity contribution in [2.45, 2.75) is 12.7 Å². The highest BCUT2D eigenvalue weighted by molar-refractivity contribution is 6.04. The number of benzene rings is 1. The van der Waals surface area contributed by atoms with Crippen molar-refractivity contribution in [3.63, 3.8) is 0 Å². The molecule has 3 aromatic rings. The Hall–Kier alpha value is -3.60. The quantitative estimate of drug-likeness (QED) is 0.414. The summed E-state index contributed by atoms with van der Waals surface area (Å²) in [6, 6.07) is 12.4. The minimum Gasteiger partial charge on any atom is -0.497 e. The van der Waals surface area contributed by atoms with Gasteiger partial charge >= 0.3 is 0 Å². The Morgan fingerprint density at radius 1 is 1.11 bits per heavy atom. The Labute approximate surface area is 210 Å². The molecule has 0 spiro atoms. The molecule has 1 aliphatic heterocycles. The van der Waals surface area contributed by atoms with Crippen LogP contribution in [0, 0.1) is 0 Å². The van der Waals surface area contributed by atoms with E-state index in [1.54, 1.807) is 44.9 Å². The Bertz CT molecular complexity index is 1080. The zero-order valence-corrected chi connectivity index (χ0v) is 20.6. The molecule has 3 heterocycles. The lowest BCUT2D eigenvalue weighted by Gasteiger charge is -2.36. The first-order valence-electron chi connectivity index (χ1n) is 11.8. The number of anilines is 2. The molecule has 10 nitrogen and oxygen atoms in total. The molecule has 1 amide bonds. The van der Waals surface area contributed by atoms with Crippen LogP contribution >= 0.6 is 0 Å². The number of pyridine rings is 1. The van der Waals surface area contributed by atoms with E-state index in [1.807, 2.05) is 24.3 Å². The number of aromatic nitrogens is 1. The topological polar surface area (TPSA) is 110 Å². The molecule has 1 atom stereocenters. The number of aliphatic hydroxyl groups is 1. The van der Waals surface area contributed by atoms with E-state index in [0.29, 0.717) is 35.9 Å². The number of β-amino-alcohol motifs (C(OH)–C–C–N with tert-alkyl or cyclic N) is 1. The summed E-state index contributed by atoms with van der Waals surface area (Å²) in [4.78, 5) is 21.6. The van der Waals surface area contributed by atoms with Crippen molar-refractivity contribution in [2.24, 2.45) is 0 Å². The van der Waals surface area contributed by atoms with Gasteiger partial charge in [0, 0.05) is 44.4 Å². The number of piperazine rings is 1. The molecule has 4 rings (SSSR count). The maximum Gasteiger partial charge on any atom is 0.255 e. The number of aliphatic hydroxyl groups excluding tert-OH is 1. The van der Waals surface area contributed by atoms with Crippen molar-refractivity contribution in [2.75, 3.05) is 63.8 Å². The average Bonchev–Trinajstić information content (AvgIpc) is 3.43. The van der Waals surface area contributed by atoms with Gasteiger partial charge in [0.1, 0.15) is 29.7 Å². The summed E-state index contributed by atoms with van der Waals surface area (Å²) >= 11 is 0. The molecule has 1 aromatic carbocycles. The van der Waals surface area contributed by atoms with Crippen LogP contribution in [0.15, 0.2) is 59.3 Å². The monoisotopic (exact) mass is 496 g/mol. The first-order chi connectivity index (χ1) is 17.5. The average molecular weight is 497 g/mol. The standard InChI is InChI=1S/C26H32N4O6/c1-33-23-12-19(13-24(14-23)34-2)26(32)28-20-5-6-25(27-15-20)30-9-7-29(8-10-30)16-21(31)17-35-18-22-4-3-11-36-22/h3-6,11-15,21,31H,7-10,16-18H2,1-2H3,(H,28,32). The van der Waals surface area contributed by atoms with E-state index in [-0.39, 0.29) is 12.5 Å². The van der Waals surface area contributed by atoms with Crippen LogP contribution in [0.1, 0.15) is 16.1 Å². The van der Waals surface area contributed by atoms with Gasteiger partial charge in [0.2, 0.25) is 0 Å². The zero-order chi connectivity index (χ0) is 25.3. The Balaban J connectivity index is 1.22. The van der Waals surface area contributed by atoms with Crippen LogP contribution in [0.3, 0.4) is 0 Å². The van der Waals surface area contributed by atoms with E-state index in [1.165, 1.54) is 0 Å². The summed E-state index contributed by atoms with van der Waals surface area (Å²) < 4.78 is 21.2. The number of ether oxygens (including phenoxy) is 3. The third kappa shape index (κ3) is 6.97. The molecule has 10 heteroatoms. The van der Waals surface area contributed by atoms with Crippen molar-refractivity contribution >= 4 is 17.4 Å². The molecule has 0 aliphatic carbocycles. The predicted octanol–water partition coefficient (Wildman–Crippen LogP) is 2.64. The van der Waals surface area contributed by atoms with Crippen molar-refractivity contribution in [1.82, 2.24) is 9.88 Å². The smallest absolute Gasteiger partial charge is 0.255 e. The molecule has 192 valence electrons. The van der Waals surface area contributed by atoms with Crippen LogP contribution in [0.2, 0.25) is 0 Å². The number of hydrogen-bond donors (Lipinski definition) is 2. The number of furan rings is 1. The number of nitrogens with one attached hydrogen (secondary N) is 1. The lowest BCUT2D eigenvalue weighted by atomic mass is 10.2. The second kappa shape index (κ2) is 12.4. The summed E-state index contributed by atoms with van der Waals surface area (Å²) in [5.74, 6) is 2.40. The molecule has 1 fully saturated rings. The summed E-state index contributed by atoms with van der Waals surface area (Å²) in [7, 11) is 3.08. The van der Waals surface area contributed by atoms with Gasteiger partial charge < -0.3 is 34.0 Å². The van der Waals surface area contributed by atoms with E-state index in [2.05, 4.69) is 20.1 Å². The van der Waals surface area contributed by atoms with Crippen molar-refractivity contribution in [3.05, 3.63) is 66.2 Å². The number of nitrogens with zero attached hydrogens (tertiary/aromatic N) is 3. The first-order valence-corrected chi connectivity index (χ1v) is 11.8. The third-order valence-electron chi connectivity index (χ3n) is 5.92. The normalized spacial score (nSPS) is 14.9. The summed E-state index contributed by atoms with van der Waals surface area (Å²) in [5.41, 5.74) is 1.03. The maximum absolute atomic E-state index is 12.7.